The highest BCUT2D eigenvalue weighted by atomic mass is 16.5. The van der Waals surface area contributed by atoms with Gasteiger partial charge in [0.2, 0.25) is 17.7 Å². The van der Waals surface area contributed by atoms with Crippen LogP contribution in [-0.4, -0.2) is 168 Å². The summed E-state index contributed by atoms with van der Waals surface area (Å²) >= 11 is 0. The van der Waals surface area contributed by atoms with E-state index in [0.29, 0.717) is 54.4 Å². The minimum absolute atomic E-state index is 0.0417. The van der Waals surface area contributed by atoms with Gasteiger partial charge in [0.15, 0.2) is 11.6 Å². The van der Waals surface area contributed by atoms with Crippen molar-refractivity contribution in [3.63, 3.8) is 0 Å². The molecule has 2 amide bonds. The summed E-state index contributed by atoms with van der Waals surface area (Å²) in [4.78, 5) is 43.4. The van der Waals surface area contributed by atoms with Crippen LogP contribution in [0.5, 0.6) is 17.5 Å². The van der Waals surface area contributed by atoms with Gasteiger partial charge in [-0.25, -0.2) is 9.67 Å². The number of amides is 2. The number of carbonyl (C=O) groups excluding carboxylic acids is 2. The molecule has 4 aliphatic rings. The predicted octanol–water partition coefficient (Wildman–Crippen LogP) is 3.91. The van der Waals surface area contributed by atoms with E-state index >= 15 is 0 Å². The van der Waals surface area contributed by atoms with E-state index in [0.717, 1.165) is 81.3 Å². The Kier molecular flexibility index (Phi) is 14.7. The monoisotopic (exact) mass is 997 g/mol. The largest absolute Gasteiger partial charge is 0.507 e. The number of pyridine rings is 1. The van der Waals surface area contributed by atoms with Gasteiger partial charge in [0, 0.05) is 107 Å². The van der Waals surface area contributed by atoms with E-state index in [-0.39, 0.29) is 54.6 Å². The minimum Gasteiger partial charge on any atom is -0.507 e. The normalized spacial score (nSPS) is 21.1. The zero-order valence-corrected chi connectivity index (χ0v) is 41.5. The van der Waals surface area contributed by atoms with Crippen LogP contribution >= 0.6 is 0 Å². The van der Waals surface area contributed by atoms with Gasteiger partial charge in [-0.15, -0.1) is 15.3 Å². The Morgan fingerprint density at radius 3 is 2.25 bits per heavy atom. The third-order valence-electron chi connectivity index (χ3n) is 14.7. The lowest BCUT2D eigenvalue weighted by atomic mass is 9.91. The molecule has 21 heteroatoms. The smallest absolute Gasteiger partial charge is 0.254 e. The van der Waals surface area contributed by atoms with Crippen LogP contribution in [0.15, 0.2) is 95.9 Å². The fourth-order valence-electron chi connectivity index (χ4n) is 10.8. The highest BCUT2D eigenvalue weighted by Gasteiger charge is 2.44. The molecule has 4 aromatic heterocycles. The van der Waals surface area contributed by atoms with E-state index < -0.39 is 18.1 Å². The number of hydrogen-bond acceptors (Lipinski definition) is 18. The number of likely N-dealkylation sites (tertiary alicyclic amines) is 1. The molecule has 21 nitrogen and oxygen atoms in total. The Bertz CT molecular complexity index is 2810. The molecule has 4 saturated heterocycles. The number of nitrogens with two attached hydrogens (primary N) is 1. The van der Waals surface area contributed by atoms with E-state index in [4.69, 9.17) is 19.7 Å². The standard InChI is InChI=1S/C52H64N14O7/c1-33(2)49(52(70)64-32-40(67)27-44(64)51(69)56-34(3)35-8-10-36(11-9-35)65-17-16-55-60-65)46-29-48(59-73-46)72-25-23-62-20-18-61(19-21-62)22-24-71-47-26-37(14-15-54-47)66-38-12-13-39(66)31-63(30-38)43-28-42(57-58-50(43)53)41-6-4-5-7-45(41)68/h4-11,14-17,26,28-29,33-34,38-40,44,49,67-68H,12-13,18-25,27,30-32H2,1-3H3,(H2,53,58)(H,56,69)/t34-,38?,39?,40+,44-,49+/m0/s1. The number of fused-ring (bicyclic) bond motifs is 2. The summed E-state index contributed by atoms with van der Waals surface area (Å²) in [6, 6.07) is 21.8. The molecule has 0 saturated carbocycles. The number of piperazine rings is 2. The number of carbonyl (C=O) groups is 2. The number of hydrogen-bond donors (Lipinski definition) is 4. The lowest BCUT2D eigenvalue weighted by molar-refractivity contribution is -0.141. The second kappa shape index (κ2) is 21.8. The van der Waals surface area contributed by atoms with Crippen LogP contribution in [0, 0.1) is 5.92 Å². The highest BCUT2D eigenvalue weighted by molar-refractivity contribution is 5.91. The predicted molar refractivity (Wildman–Crippen MR) is 271 cm³/mol. The summed E-state index contributed by atoms with van der Waals surface area (Å²) in [6.07, 6.45) is 6.61. The van der Waals surface area contributed by atoms with E-state index in [1.165, 1.54) is 4.90 Å². The topological polar surface area (TPSA) is 243 Å². The van der Waals surface area contributed by atoms with E-state index in [1.54, 1.807) is 35.3 Å². The Morgan fingerprint density at radius 1 is 0.849 bits per heavy atom. The van der Waals surface area contributed by atoms with Crippen molar-refractivity contribution >= 4 is 29.0 Å². The third-order valence-corrected chi connectivity index (χ3v) is 14.7. The van der Waals surface area contributed by atoms with Gasteiger partial charge in [0.05, 0.1) is 41.6 Å². The zero-order valence-electron chi connectivity index (χ0n) is 41.5. The number of aromatic hydroxyl groups is 1. The highest BCUT2D eigenvalue weighted by Crippen LogP contribution is 2.40. The van der Waals surface area contributed by atoms with Crippen LogP contribution in [-0.2, 0) is 9.59 Å². The number of anilines is 3. The number of para-hydroxylation sites is 1. The quantitative estimate of drug-likeness (QED) is 0.0954. The van der Waals surface area contributed by atoms with Gasteiger partial charge in [-0.05, 0) is 72.8 Å². The maximum absolute atomic E-state index is 14.2. The van der Waals surface area contributed by atoms with Crippen LogP contribution < -0.4 is 30.3 Å². The van der Waals surface area contributed by atoms with Crippen LogP contribution in [0.25, 0.3) is 16.9 Å². The molecular formula is C52H64N14O7. The molecule has 0 radical (unpaired) electrons. The molecule has 384 valence electrons. The van der Waals surface area contributed by atoms with Crippen molar-refractivity contribution in [1.29, 1.82) is 0 Å². The van der Waals surface area contributed by atoms with Gasteiger partial charge in [-0.3, -0.25) is 19.4 Å². The van der Waals surface area contributed by atoms with Gasteiger partial charge in [-0.2, -0.15) is 0 Å². The van der Waals surface area contributed by atoms with E-state index in [1.807, 2.05) is 69.4 Å². The van der Waals surface area contributed by atoms with Gasteiger partial charge >= 0.3 is 0 Å². The number of rotatable bonds is 18. The molecule has 0 aliphatic carbocycles. The van der Waals surface area contributed by atoms with Crippen LogP contribution in [0.1, 0.15) is 63.3 Å². The Balaban J connectivity index is 0.655. The summed E-state index contributed by atoms with van der Waals surface area (Å²) in [6.45, 7) is 13.3. The zero-order chi connectivity index (χ0) is 50.6. The third kappa shape index (κ3) is 11.0. The summed E-state index contributed by atoms with van der Waals surface area (Å²) in [5.74, 6) is 0.235. The summed E-state index contributed by atoms with van der Waals surface area (Å²) < 4.78 is 19.6. The first kappa shape index (κ1) is 49.2. The van der Waals surface area contributed by atoms with Crippen molar-refractivity contribution in [3.8, 4) is 34.5 Å². The van der Waals surface area contributed by atoms with E-state index in [2.05, 4.69) is 67.7 Å². The molecule has 6 atom stereocenters. The maximum atomic E-state index is 14.2. The number of β-amino-alcohol motifs (C(OH)–C–C–N with tert-alkyl or cyclic N) is 1. The number of ether oxygens (including phenoxy) is 2. The fraction of sp³-hybridized carbons (Fsp3) is 0.462. The number of phenols is 1. The van der Waals surface area contributed by atoms with Crippen molar-refractivity contribution < 1.29 is 33.8 Å². The van der Waals surface area contributed by atoms with Crippen LogP contribution in [0.3, 0.4) is 0 Å². The second-order valence-corrected chi connectivity index (χ2v) is 19.8. The number of nitrogens with one attached hydrogen (secondary N) is 1. The van der Waals surface area contributed by atoms with Crippen molar-refractivity contribution in [2.24, 2.45) is 5.92 Å². The lowest BCUT2D eigenvalue weighted by Gasteiger charge is -2.43. The molecule has 5 N–H and O–H groups in total. The van der Waals surface area contributed by atoms with Crippen molar-refractivity contribution in [3.05, 3.63) is 103 Å². The number of benzene rings is 2. The van der Waals surface area contributed by atoms with E-state index in [9.17, 15) is 19.8 Å². The Hall–Kier alpha value is -7.36. The fourth-order valence-corrected chi connectivity index (χ4v) is 10.8. The minimum atomic E-state index is -0.844. The molecule has 2 aromatic carbocycles. The first-order valence-corrected chi connectivity index (χ1v) is 25.3. The average Bonchev–Trinajstić information content (AvgIpc) is 4.23. The van der Waals surface area contributed by atoms with Gasteiger partial charge in [-0.1, -0.05) is 43.3 Å². The van der Waals surface area contributed by atoms with Crippen LogP contribution in [0.4, 0.5) is 17.2 Å². The summed E-state index contributed by atoms with van der Waals surface area (Å²) in [5, 5.41) is 44.7. The van der Waals surface area contributed by atoms with Crippen molar-refractivity contribution in [2.45, 2.75) is 76.2 Å². The molecular weight excluding hydrogens is 933 g/mol. The molecule has 6 aromatic rings. The number of nitrogen functional groups attached to an aromatic ring is 1. The average molecular weight is 997 g/mol. The molecule has 0 spiro atoms. The number of aliphatic hydroxyl groups excluding tert-OH is 1. The SMILES string of the molecule is CC(C)[C@@H](C(=O)N1C[C@H](O)C[C@H]1C(=O)N[C@@H](C)c1ccc(-n2ccnn2)cc1)c1cc(OCCN2CCN(CCOc3cc(N4C5CCC4CN(c4cc(-c6ccccc6O)nnc4N)C5)ccn3)CC2)no1. The molecule has 73 heavy (non-hydrogen) atoms. The number of aliphatic hydroxyl groups is 1. The first-order chi connectivity index (χ1) is 35.4. The Labute approximate surface area is 423 Å². The van der Waals surface area contributed by atoms with Crippen molar-refractivity contribution in [2.75, 3.05) is 87.7 Å². The number of phenolic OH excluding ortho intramolecular Hbond substituents is 1. The molecule has 2 bridgehead atoms. The molecule has 8 heterocycles. The summed E-state index contributed by atoms with van der Waals surface area (Å²) in [7, 11) is 0. The molecule has 4 aliphatic heterocycles. The van der Waals surface area contributed by atoms with Gasteiger partial charge < -0.3 is 50.0 Å². The van der Waals surface area contributed by atoms with Crippen LogP contribution in [0.2, 0.25) is 0 Å². The Morgan fingerprint density at radius 2 is 1.56 bits per heavy atom. The second-order valence-electron chi connectivity index (χ2n) is 19.8. The van der Waals surface area contributed by atoms with Crippen molar-refractivity contribution in [1.82, 2.24) is 55.3 Å². The first-order valence-electron chi connectivity index (χ1n) is 25.3. The molecule has 10 rings (SSSR count). The number of aromatic nitrogens is 7. The lowest BCUT2D eigenvalue weighted by Crippen LogP contribution is -2.54. The van der Waals surface area contributed by atoms with Gasteiger partial charge in [0.1, 0.15) is 30.9 Å². The maximum Gasteiger partial charge on any atom is 0.254 e. The molecule has 2 unspecified atom stereocenters. The molecule has 4 fully saturated rings. The number of nitrogens with zero attached hydrogens (tertiary/aromatic N) is 12. The van der Waals surface area contributed by atoms with Gasteiger partial charge in [0.25, 0.3) is 5.88 Å². The summed E-state index contributed by atoms with van der Waals surface area (Å²) in [5.41, 5.74) is 11.2.